The Bertz CT molecular complexity index is 850. The van der Waals surface area contributed by atoms with Gasteiger partial charge in [0.25, 0.3) is 0 Å². The molecule has 3 rings (SSSR count). The van der Waals surface area contributed by atoms with E-state index in [-0.39, 0.29) is 23.3 Å². The SMILES string of the molecule is O=C(NCCCc1ccco1)[C@@H]1CCCN(S(=O)(=O)c2ccc(Cl)cc2)C1. The molecule has 2 heterocycles. The van der Waals surface area contributed by atoms with Crippen molar-refractivity contribution in [2.75, 3.05) is 19.6 Å². The highest BCUT2D eigenvalue weighted by molar-refractivity contribution is 7.89. The van der Waals surface area contributed by atoms with Crippen molar-refractivity contribution in [1.82, 2.24) is 9.62 Å². The van der Waals surface area contributed by atoms with Gasteiger partial charge in [-0.05, 0) is 55.7 Å². The topological polar surface area (TPSA) is 79.6 Å². The lowest BCUT2D eigenvalue weighted by Gasteiger charge is -2.31. The van der Waals surface area contributed by atoms with Crippen LogP contribution in [-0.2, 0) is 21.2 Å². The van der Waals surface area contributed by atoms with Gasteiger partial charge in [0, 0.05) is 31.1 Å². The van der Waals surface area contributed by atoms with Crippen LogP contribution in [0.5, 0.6) is 0 Å². The Morgan fingerprint density at radius 3 is 2.74 bits per heavy atom. The zero-order valence-electron chi connectivity index (χ0n) is 14.9. The van der Waals surface area contributed by atoms with Crippen LogP contribution >= 0.6 is 11.6 Å². The summed E-state index contributed by atoms with van der Waals surface area (Å²) in [6.07, 6.45) is 4.52. The molecule has 1 saturated heterocycles. The first kappa shape index (κ1) is 19.9. The molecule has 1 amide bonds. The summed E-state index contributed by atoms with van der Waals surface area (Å²) in [6.45, 7) is 1.17. The Kier molecular flexibility index (Phi) is 6.57. The number of piperidine rings is 1. The predicted octanol–water partition coefficient (Wildman–Crippen LogP) is 3.08. The van der Waals surface area contributed by atoms with Gasteiger partial charge in [-0.15, -0.1) is 0 Å². The number of furan rings is 1. The number of benzene rings is 1. The van der Waals surface area contributed by atoms with Crippen LogP contribution in [0.15, 0.2) is 52.0 Å². The third-order valence-corrected chi connectivity index (χ3v) is 6.82. The third kappa shape index (κ3) is 5.12. The standard InChI is InChI=1S/C19H23ClN2O4S/c20-16-7-9-18(10-8-16)27(24,25)22-12-2-4-15(14-22)19(23)21-11-1-5-17-6-3-13-26-17/h3,6-10,13,15H,1-2,4-5,11-12,14H2,(H,21,23)/t15-/m1/s1. The Morgan fingerprint density at radius 1 is 1.26 bits per heavy atom. The first-order valence-corrected chi connectivity index (χ1v) is 10.8. The molecule has 27 heavy (non-hydrogen) atoms. The molecule has 146 valence electrons. The summed E-state index contributed by atoms with van der Waals surface area (Å²) in [5, 5.41) is 3.40. The molecule has 0 saturated carbocycles. The summed E-state index contributed by atoms with van der Waals surface area (Å²) < 4.78 is 32.3. The van der Waals surface area contributed by atoms with Crippen LogP contribution in [0.4, 0.5) is 0 Å². The number of hydrogen-bond donors (Lipinski definition) is 1. The smallest absolute Gasteiger partial charge is 0.243 e. The number of carbonyl (C=O) groups is 1. The Morgan fingerprint density at radius 2 is 2.04 bits per heavy atom. The quantitative estimate of drug-likeness (QED) is 0.711. The highest BCUT2D eigenvalue weighted by atomic mass is 35.5. The van der Waals surface area contributed by atoms with Gasteiger partial charge in [-0.2, -0.15) is 4.31 Å². The maximum absolute atomic E-state index is 12.8. The average molecular weight is 411 g/mol. The van der Waals surface area contributed by atoms with Crippen molar-refractivity contribution in [3.63, 3.8) is 0 Å². The fourth-order valence-electron chi connectivity index (χ4n) is 3.20. The van der Waals surface area contributed by atoms with Crippen molar-refractivity contribution in [2.24, 2.45) is 5.92 Å². The maximum Gasteiger partial charge on any atom is 0.243 e. The third-order valence-electron chi connectivity index (χ3n) is 4.69. The van der Waals surface area contributed by atoms with E-state index in [1.165, 1.54) is 16.4 Å². The molecule has 0 bridgehead atoms. The van der Waals surface area contributed by atoms with Crippen molar-refractivity contribution in [2.45, 2.75) is 30.6 Å². The number of rotatable bonds is 7. The van der Waals surface area contributed by atoms with Crippen molar-refractivity contribution in [1.29, 1.82) is 0 Å². The van der Waals surface area contributed by atoms with Crippen molar-refractivity contribution >= 4 is 27.5 Å². The van der Waals surface area contributed by atoms with Gasteiger partial charge in [-0.1, -0.05) is 11.6 Å². The molecule has 8 heteroatoms. The van der Waals surface area contributed by atoms with Gasteiger partial charge in [0.05, 0.1) is 17.1 Å². The van der Waals surface area contributed by atoms with Gasteiger partial charge in [-0.3, -0.25) is 4.79 Å². The number of carbonyl (C=O) groups excluding carboxylic acids is 1. The van der Waals surface area contributed by atoms with Gasteiger partial charge in [0.15, 0.2) is 0 Å². The number of amides is 1. The van der Waals surface area contributed by atoms with Crippen LogP contribution in [0.25, 0.3) is 0 Å². The lowest BCUT2D eigenvalue weighted by atomic mass is 9.99. The molecule has 1 aliphatic rings. The molecular weight excluding hydrogens is 388 g/mol. The minimum atomic E-state index is -3.62. The van der Waals surface area contributed by atoms with Gasteiger partial charge in [0.2, 0.25) is 15.9 Å². The fourth-order valence-corrected chi connectivity index (χ4v) is 4.85. The summed E-state index contributed by atoms with van der Waals surface area (Å²) in [7, 11) is -3.62. The molecule has 6 nitrogen and oxygen atoms in total. The highest BCUT2D eigenvalue weighted by Gasteiger charge is 2.33. The lowest BCUT2D eigenvalue weighted by Crippen LogP contribution is -2.45. The zero-order chi connectivity index (χ0) is 19.3. The molecule has 1 fully saturated rings. The van der Waals surface area contributed by atoms with Crippen molar-refractivity contribution in [3.8, 4) is 0 Å². The van der Waals surface area contributed by atoms with Crippen LogP contribution in [0.2, 0.25) is 5.02 Å². The van der Waals surface area contributed by atoms with E-state index >= 15 is 0 Å². The van der Waals surface area contributed by atoms with Crippen molar-refractivity contribution in [3.05, 3.63) is 53.4 Å². The molecule has 1 atom stereocenters. The average Bonchev–Trinajstić information content (AvgIpc) is 3.19. The normalized spacial score (nSPS) is 18.3. The van der Waals surface area contributed by atoms with Gasteiger partial charge in [-0.25, -0.2) is 8.42 Å². The Balaban J connectivity index is 1.53. The van der Waals surface area contributed by atoms with Crippen LogP contribution < -0.4 is 5.32 Å². The van der Waals surface area contributed by atoms with Crippen LogP contribution in [0.1, 0.15) is 25.0 Å². The van der Waals surface area contributed by atoms with E-state index in [9.17, 15) is 13.2 Å². The number of hydrogen-bond acceptors (Lipinski definition) is 4. The summed E-state index contributed by atoms with van der Waals surface area (Å²) >= 11 is 5.84. The lowest BCUT2D eigenvalue weighted by molar-refractivity contribution is -0.126. The van der Waals surface area contributed by atoms with E-state index in [2.05, 4.69) is 5.32 Å². The molecule has 0 aliphatic carbocycles. The number of halogens is 1. The molecule has 1 aliphatic heterocycles. The van der Waals surface area contributed by atoms with E-state index in [4.69, 9.17) is 16.0 Å². The maximum atomic E-state index is 12.8. The zero-order valence-corrected chi connectivity index (χ0v) is 16.5. The number of sulfonamides is 1. The van der Waals surface area contributed by atoms with E-state index in [0.717, 1.165) is 18.6 Å². The summed E-state index contributed by atoms with van der Waals surface area (Å²) in [6, 6.07) is 9.85. The monoisotopic (exact) mass is 410 g/mol. The number of nitrogens with zero attached hydrogens (tertiary/aromatic N) is 1. The van der Waals surface area contributed by atoms with Crippen molar-refractivity contribution < 1.29 is 17.6 Å². The largest absolute Gasteiger partial charge is 0.469 e. The van der Waals surface area contributed by atoms with Crippen LogP contribution in [0, 0.1) is 5.92 Å². The first-order chi connectivity index (χ1) is 13.0. The fraction of sp³-hybridized carbons (Fsp3) is 0.421. The Labute approximate surface area is 164 Å². The van der Waals surface area contributed by atoms with Gasteiger partial charge >= 0.3 is 0 Å². The summed E-state index contributed by atoms with van der Waals surface area (Å²) in [5.41, 5.74) is 0. The van der Waals surface area contributed by atoms with Gasteiger partial charge < -0.3 is 9.73 Å². The second kappa shape index (κ2) is 8.91. The molecule has 1 N–H and O–H groups in total. The molecule has 1 aromatic heterocycles. The number of aryl methyl sites for hydroxylation is 1. The highest BCUT2D eigenvalue weighted by Crippen LogP contribution is 2.24. The second-order valence-electron chi connectivity index (χ2n) is 6.63. The molecular formula is C19H23ClN2O4S. The minimum Gasteiger partial charge on any atom is -0.469 e. The van der Waals surface area contributed by atoms with E-state index in [0.29, 0.717) is 31.0 Å². The van der Waals surface area contributed by atoms with E-state index in [1.807, 2.05) is 12.1 Å². The van der Waals surface area contributed by atoms with E-state index < -0.39 is 10.0 Å². The predicted molar refractivity (Wildman–Crippen MR) is 103 cm³/mol. The van der Waals surface area contributed by atoms with Crippen LogP contribution in [-0.4, -0.2) is 38.3 Å². The Hall–Kier alpha value is -1.83. The molecule has 0 radical (unpaired) electrons. The number of nitrogens with one attached hydrogen (secondary N) is 1. The molecule has 1 aromatic carbocycles. The minimum absolute atomic E-state index is 0.0922. The molecule has 0 spiro atoms. The molecule has 0 unspecified atom stereocenters. The summed E-state index contributed by atoms with van der Waals surface area (Å²) in [5.74, 6) is 0.469. The van der Waals surface area contributed by atoms with Gasteiger partial charge in [0.1, 0.15) is 5.76 Å². The first-order valence-electron chi connectivity index (χ1n) is 9.02. The second-order valence-corrected chi connectivity index (χ2v) is 9.00. The van der Waals surface area contributed by atoms with Crippen LogP contribution in [0.3, 0.4) is 0 Å². The summed E-state index contributed by atoms with van der Waals surface area (Å²) in [4.78, 5) is 12.6. The van der Waals surface area contributed by atoms with E-state index in [1.54, 1.807) is 18.4 Å². The molecule has 2 aromatic rings.